The Kier molecular flexibility index (Phi) is 6.77. The third-order valence-corrected chi connectivity index (χ3v) is 11.6. The molecule has 180 valence electrons. The number of hydrogen-bond donors (Lipinski definition) is 1. The zero-order valence-corrected chi connectivity index (χ0v) is 21.4. The molecular formula is C26H33N3O4Si. The summed E-state index contributed by atoms with van der Waals surface area (Å²) < 4.78 is 8.50. The van der Waals surface area contributed by atoms with E-state index in [0.29, 0.717) is 18.6 Å². The summed E-state index contributed by atoms with van der Waals surface area (Å²) in [4.78, 5) is 32.5. The first kappa shape index (κ1) is 24.3. The molecule has 0 aliphatic carbocycles. The van der Waals surface area contributed by atoms with Crippen LogP contribution in [0, 0.1) is 6.92 Å². The fraction of sp³-hybridized carbons (Fsp3) is 0.385. The molecule has 0 radical (unpaired) electrons. The molecular weight excluding hydrogens is 446 g/mol. The van der Waals surface area contributed by atoms with Gasteiger partial charge in [-0.05, 0) is 22.3 Å². The van der Waals surface area contributed by atoms with Gasteiger partial charge in [0, 0.05) is 25.2 Å². The van der Waals surface area contributed by atoms with Crippen LogP contribution in [-0.2, 0) is 9.26 Å². The largest absolute Gasteiger partial charge is 0.406 e. The van der Waals surface area contributed by atoms with Crippen molar-refractivity contribution in [3.63, 3.8) is 0 Å². The van der Waals surface area contributed by atoms with Gasteiger partial charge in [-0.3, -0.25) is 19.2 Å². The minimum Gasteiger partial charge on any atom is -0.406 e. The second-order valence-electron chi connectivity index (χ2n) is 9.95. The molecule has 0 amide bonds. The Morgan fingerprint density at radius 3 is 2.12 bits per heavy atom. The van der Waals surface area contributed by atoms with Gasteiger partial charge in [0.2, 0.25) is 0 Å². The molecule has 4 rings (SSSR count). The molecule has 34 heavy (non-hydrogen) atoms. The molecule has 0 spiro atoms. The molecule has 0 unspecified atom stereocenters. The Bertz CT molecular complexity index is 1200. The number of hydrogen-bond acceptors (Lipinski definition) is 5. The molecule has 1 N–H and O–H groups in total. The number of aryl methyl sites for hydroxylation is 1. The highest BCUT2D eigenvalue weighted by Crippen LogP contribution is 2.37. The number of hydroxylamine groups is 2. The van der Waals surface area contributed by atoms with Gasteiger partial charge in [0.15, 0.2) is 6.23 Å². The SMILES string of the molecule is Cc1cn([C@@H]2C[C@@H](CO[Si](c3ccccc3)(c3ccccc3)C(C)(C)C)N(C)O2)c(=O)[nH]c1=O. The first-order valence-corrected chi connectivity index (χ1v) is 13.5. The standard InChI is InChI=1S/C26H33N3O4Si/c1-19-17-29(25(31)27-24(19)30)23-16-20(28(5)33-23)18-32-34(26(2,3)4,21-12-8-6-9-13-21)22-14-10-7-11-15-22/h6-15,17,20,23H,16,18H2,1-5H3,(H,27,30,31)/t20-,23-/m0/s1. The van der Waals surface area contributed by atoms with E-state index in [1.54, 1.807) is 18.2 Å². The number of aromatic amines is 1. The smallest absolute Gasteiger partial charge is 0.330 e. The summed E-state index contributed by atoms with van der Waals surface area (Å²) in [6.07, 6.45) is 1.63. The van der Waals surface area contributed by atoms with E-state index in [0.717, 1.165) is 0 Å². The Morgan fingerprint density at radius 2 is 1.59 bits per heavy atom. The van der Waals surface area contributed by atoms with E-state index in [1.165, 1.54) is 14.9 Å². The number of nitrogens with zero attached hydrogens (tertiary/aromatic N) is 2. The molecule has 1 fully saturated rings. The number of nitrogens with one attached hydrogen (secondary N) is 1. The molecule has 8 heteroatoms. The normalized spacial score (nSPS) is 19.4. The Hall–Kier alpha value is -2.78. The lowest BCUT2D eigenvalue weighted by Gasteiger charge is -2.43. The molecule has 1 saturated heterocycles. The Balaban J connectivity index is 1.66. The van der Waals surface area contributed by atoms with Crippen molar-refractivity contribution in [3.8, 4) is 0 Å². The van der Waals surface area contributed by atoms with Crippen molar-refractivity contribution in [2.45, 2.75) is 51.4 Å². The summed E-state index contributed by atoms with van der Waals surface area (Å²) in [5.41, 5.74) is -0.375. The van der Waals surface area contributed by atoms with Crippen LogP contribution in [0.15, 0.2) is 76.4 Å². The van der Waals surface area contributed by atoms with Gasteiger partial charge in [-0.2, -0.15) is 5.06 Å². The zero-order valence-electron chi connectivity index (χ0n) is 20.4. The average molecular weight is 480 g/mol. The highest BCUT2D eigenvalue weighted by Gasteiger charge is 2.51. The van der Waals surface area contributed by atoms with Gasteiger partial charge >= 0.3 is 5.69 Å². The third-order valence-electron chi connectivity index (χ3n) is 6.64. The van der Waals surface area contributed by atoms with Gasteiger partial charge < -0.3 is 4.43 Å². The minimum atomic E-state index is -2.67. The molecule has 3 aromatic rings. The maximum absolute atomic E-state index is 12.4. The quantitative estimate of drug-likeness (QED) is 0.550. The van der Waals surface area contributed by atoms with Crippen molar-refractivity contribution in [2.75, 3.05) is 13.7 Å². The second kappa shape index (κ2) is 9.46. The number of likely N-dealkylation sites (N-methyl/N-ethyl adjacent to an activating group) is 1. The van der Waals surface area contributed by atoms with Gasteiger partial charge in [-0.25, -0.2) is 4.79 Å². The summed E-state index contributed by atoms with van der Waals surface area (Å²) in [6, 6.07) is 21.0. The van der Waals surface area contributed by atoms with Crippen LogP contribution in [0.3, 0.4) is 0 Å². The lowest BCUT2D eigenvalue weighted by atomic mass is 10.2. The van der Waals surface area contributed by atoms with Crippen LogP contribution in [0.1, 0.15) is 39.0 Å². The Morgan fingerprint density at radius 1 is 1.03 bits per heavy atom. The molecule has 1 aliphatic rings. The van der Waals surface area contributed by atoms with E-state index >= 15 is 0 Å². The van der Waals surface area contributed by atoms with Crippen LogP contribution in [0.25, 0.3) is 0 Å². The van der Waals surface area contributed by atoms with E-state index in [1.807, 2.05) is 19.2 Å². The van der Waals surface area contributed by atoms with Crippen LogP contribution in [0.5, 0.6) is 0 Å². The summed E-state index contributed by atoms with van der Waals surface area (Å²) in [7, 11) is -0.809. The highest BCUT2D eigenvalue weighted by molar-refractivity contribution is 6.99. The van der Waals surface area contributed by atoms with E-state index in [2.05, 4.69) is 74.3 Å². The minimum absolute atomic E-state index is 0.0502. The predicted molar refractivity (Wildman–Crippen MR) is 136 cm³/mol. The summed E-state index contributed by atoms with van der Waals surface area (Å²) in [6.45, 7) is 8.88. The summed E-state index contributed by atoms with van der Waals surface area (Å²) >= 11 is 0. The van der Waals surface area contributed by atoms with Crippen LogP contribution in [0.2, 0.25) is 5.04 Å². The van der Waals surface area contributed by atoms with Gasteiger partial charge in [0.25, 0.3) is 13.9 Å². The first-order chi connectivity index (χ1) is 16.1. The maximum atomic E-state index is 12.4. The van der Waals surface area contributed by atoms with Gasteiger partial charge in [-0.15, -0.1) is 0 Å². The van der Waals surface area contributed by atoms with Crippen molar-refractivity contribution >= 4 is 18.7 Å². The van der Waals surface area contributed by atoms with E-state index in [9.17, 15) is 9.59 Å². The maximum Gasteiger partial charge on any atom is 0.330 e. The van der Waals surface area contributed by atoms with Crippen LogP contribution in [0.4, 0.5) is 0 Å². The van der Waals surface area contributed by atoms with Crippen molar-refractivity contribution < 1.29 is 9.26 Å². The monoisotopic (exact) mass is 479 g/mol. The molecule has 1 aliphatic heterocycles. The van der Waals surface area contributed by atoms with E-state index in [-0.39, 0.29) is 16.6 Å². The summed E-state index contributed by atoms with van der Waals surface area (Å²) in [5.74, 6) is 0. The number of benzene rings is 2. The van der Waals surface area contributed by atoms with E-state index in [4.69, 9.17) is 9.26 Å². The van der Waals surface area contributed by atoms with Crippen molar-refractivity contribution in [2.24, 2.45) is 0 Å². The molecule has 2 heterocycles. The Labute approximate surface area is 201 Å². The van der Waals surface area contributed by atoms with Crippen molar-refractivity contribution in [1.29, 1.82) is 0 Å². The fourth-order valence-electron chi connectivity index (χ4n) is 4.82. The van der Waals surface area contributed by atoms with Crippen LogP contribution < -0.4 is 21.6 Å². The number of rotatable bonds is 6. The number of aromatic nitrogens is 2. The van der Waals surface area contributed by atoms with Crippen LogP contribution in [-0.4, -0.2) is 42.6 Å². The molecule has 0 bridgehead atoms. The molecule has 2 aromatic carbocycles. The van der Waals surface area contributed by atoms with Gasteiger partial charge in [0.05, 0.1) is 12.6 Å². The fourth-order valence-corrected chi connectivity index (χ4v) is 9.42. The number of H-pyrrole nitrogens is 1. The third kappa shape index (κ3) is 4.46. The summed E-state index contributed by atoms with van der Waals surface area (Å²) in [5, 5.41) is 4.09. The van der Waals surface area contributed by atoms with Crippen LogP contribution >= 0.6 is 0 Å². The highest BCUT2D eigenvalue weighted by atomic mass is 28.4. The molecule has 0 saturated carbocycles. The molecule has 7 nitrogen and oxygen atoms in total. The van der Waals surface area contributed by atoms with Gasteiger partial charge in [-0.1, -0.05) is 81.4 Å². The lowest BCUT2D eigenvalue weighted by molar-refractivity contribution is -0.169. The molecule has 2 atom stereocenters. The predicted octanol–water partition coefficient (Wildman–Crippen LogP) is 2.56. The van der Waals surface area contributed by atoms with E-state index < -0.39 is 20.2 Å². The average Bonchev–Trinajstić information content (AvgIpc) is 3.17. The zero-order chi connectivity index (χ0) is 24.5. The topological polar surface area (TPSA) is 76.6 Å². The lowest BCUT2D eigenvalue weighted by Crippen LogP contribution is -2.67. The van der Waals surface area contributed by atoms with Gasteiger partial charge in [0.1, 0.15) is 0 Å². The molecule has 1 aromatic heterocycles. The van der Waals surface area contributed by atoms with Crippen molar-refractivity contribution in [1.82, 2.24) is 14.6 Å². The first-order valence-electron chi connectivity index (χ1n) is 11.6. The second-order valence-corrected chi connectivity index (χ2v) is 14.3. The van der Waals surface area contributed by atoms with Crippen molar-refractivity contribution in [3.05, 3.63) is 93.3 Å².